The molecular weight excluding hydrogens is 212 g/mol. The van der Waals surface area contributed by atoms with Gasteiger partial charge in [0, 0.05) is 19.3 Å². The van der Waals surface area contributed by atoms with E-state index in [9.17, 15) is 5.11 Å². The molecule has 2 heterocycles. The fourth-order valence-corrected chi connectivity index (χ4v) is 2.45. The smallest absolute Gasteiger partial charge is 0.128 e. The first-order chi connectivity index (χ1) is 7.98. The first kappa shape index (κ1) is 12.4. The van der Waals surface area contributed by atoms with Gasteiger partial charge in [0.2, 0.25) is 0 Å². The Kier molecular flexibility index (Phi) is 3.38. The molecule has 1 aromatic heterocycles. The zero-order valence-electron chi connectivity index (χ0n) is 11.0. The minimum absolute atomic E-state index is 0.378. The molecule has 0 aliphatic carbocycles. The van der Waals surface area contributed by atoms with Crippen LogP contribution in [0.5, 0.6) is 0 Å². The molecule has 1 saturated heterocycles. The molecule has 0 unspecified atom stereocenters. The number of aromatic nitrogens is 1. The predicted octanol–water partition coefficient (Wildman–Crippen LogP) is 2.76. The van der Waals surface area contributed by atoms with Crippen LogP contribution >= 0.6 is 0 Å². The van der Waals surface area contributed by atoms with Crippen molar-refractivity contribution in [1.29, 1.82) is 0 Å². The summed E-state index contributed by atoms with van der Waals surface area (Å²) in [4.78, 5) is 6.80. The third kappa shape index (κ3) is 2.97. The van der Waals surface area contributed by atoms with Crippen LogP contribution < -0.4 is 4.90 Å². The van der Waals surface area contributed by atoms with E-state index in [4.69, 9.17) is 0 Å². The van der Waals surface area contributed by atoms with Crippen LogP contribution in [0, 0.1) is 5.41 Å². The largest absolute Gasteiger partial charge is 0.389 e. The Labute approximate surface area is 103 Å². The predicted molar refractivity (Wildman–Crippen MR) is 70.1 cm³/mol. The quantitative estimate of drug-likeness (QED) is 0.854. The summed E-state index contributed by atoms with van der Waals surface area (Å²) in [6.45, 7) is 8.53. The molecule has 1 aliphatic heterocycles. The molecule has 3 nitrogen and oxygen atoms in total. The zero-order chi connectivity index (χ0) is 12.5. The fourth-order valence-electron chi connectivity index (χ4n) is 2.45. The average molecular weight is 234 g/mol. The summed E-state index contributed by atoms with van der Waals surface area (Å²) >= 11 is 0. The van der Waals surface area contributed by atoms with Crippen molar-refractivity contribution in [2.45, 2.75) is 39.7 Å². The molecule has 3 heteroatoms. The Morgan fingerprint density at radius 1 is 1.41 bits per heavy atom. The summed E-state index contributed by atoms with van der Waals surface area (Å²) in [5.74, 6) is 1.03. The number of nitrogens with zero attached hydrogens (tertiary/aromatic N) is 2. The van der Waals surface area contributed by atoms with Crippen molar-refractivity contribution in [3.8, 4) is 0 Å². The minimum Gasteiger partial charge on any atom is -0.389 e. The first-order valence-corrected chi connectivity index (χ1v) is 6.37. The molecule has 1 atom stereocenters. The maximum absolute atomic E-state index is 9.45. The summed E-state index contributed by atoms with van der Waals surface area (Å²) in [6.07, 6.45) is 3.86. The second kappa shape index (κ2) is 4.65. The number of aliphatic hydroxyl groups is 1. The van der Waals surface area contributed by atoms with E-state index in [1.165, 1.54) is 12.8 Å². The molecule has 0 aromatic carbocycles. The SMILES string of the molecule is C[C@@H](O)c1ccc(N2CCCC(C)(C)C2)nc1. The minimum atomic E-state index is -0.436. The van der Waals surface area contributed by atoms with Gasteiger partial charge in [-0.05, 0) is 36.8 Å². The van der Waals surface area contributed by atoms with Crippen LogP contribution in [0.15, 0.2) is 18.3 Å². The van der Waals surface area contributed by atoms with Gasteiger partial charge >= 0.3 is 0 Å². The van der Waals surface area contributed by atoms with Gasteiger partial charge in [0.1, 0.15) is 5.82 Å². The normalized spacial score (nSPS) is 21.3. The molecule has 1 aliphatic rings. The lowest BCUT2D eigenvalue weighted by Crippen LogP contribution is -2.40. The highest BCUT2D eigenvalue weighted by molar-refractivity contribution is 5.40. The van der Waals surface area contributed by atoms with Gasteiger partial charge in [0.15, 0.2) is 0 Å². The Bertz CT molecular complexity index is 370. The van der Waals surface area contributed by atoms with Crippen LogP contribution in [-0.2, 0) is 0 Å². The van der Waals surface area contributed by atoms with Gasteiger partial charge < -0.3 is 10.0 Å². The molecule has 0 amide bonds. The van der Waals surface area contributed by atoms with Crippen molar-refractivity contribution in [2.24, 2.45) is 5.41 Å². The molecule has 1 N–H and O–H groups in total. The second-order valence-corrected chi connectivity index (χ2v) is 5.82. The van der Waals surface area contributed by atoms with E-state index >= 15 is 0 Å². The maximum atomic E-state index is 9.45. The van der Waals surface area contributed by atoms with Crippen molar-refractivity contribution in [3.05, 3.63) is 23.9 Å². The van der Waals surface area contributed by atoms with Crippen LogP contribution in [0.4, 0.5) is 5.82 Å². The Morgan fingerprint density at radius 3 is 2.71 bits per heavy atom. The van der Waals surface area contributed by atoms with E-state index in [-0.39, 0.29) is 0 Å². The topological polar surface area (TPSA) is 36.4 Å². The zero-order valence-corrected chi connectivity index (χ0v) is 11.0. The monoisotopic (exact) mass is 234 g/mol. The Morgan fingerprint density at radius 2 is 2.18 bits per heavy atom. The van der Waals surface area contributed by atoms with E-state index in [0.717, 1.165) is 24.5 Å². The molecule has 0 bridgehead atoms. The summed E-state index contributed by atoms with van der Waals surface area (Å²) in [5, 5.41) is 9.45. The molecular formula is C14H22N2O. The lowest BCUT2D eigenvalue weighted by Gasteiger charge is -2.38. The van der Waals surface area contributed by atoms with Gasteiger partial charge in [0.05, 0.1) is 6.10 Å². The number of hydrogen-bond donors (Lipinski definition) is 1. The van der Waals surface area contributed by atoms with Gasteiger partial charge in [-0.25, -0.2) is 4.98 Å². The maximum Gasteiger partial charge on any atom is 0.128 e. The van der Waals surface area contributed by atoms with Crippen LogP contribution in [0.25, 0.3) is 0 Å². The standard InChI is InChI=1S/C14H22N2O/c1-11(17)12-5-6-13(15-9-12)16-8-4-7-14(2,3)10-16/h5-6,9,11,17H,4,7-8,10H2,1-3H3/t11-/m1/s1. The summed E-state index contributed by atoms with van der Waals surface area (Å²) in [7, 11) is 0. The highest BCUT2D eigenvalue weighted by Crippen LogP contribution is 2.30. The van der Waals surface area contributed by atoms with E-state index in [1.807, 2.05) is 12.1 Å². The molecule has 1 fully saturated rings. The number of anilines is 1. The molecule has 1 aromatic rings. The van der Waals surface area contributed by atoms with E-state index in [0.29, 0.717) is 5.41 Å². The number of hydrogen-bond acceptors (Lipinski definition) is 3. The third-order valence-corrected chi connectivity index (χ3v) is 3.48. The van der Waals surface area contributed by atoms with Crippen LogP contribution in [0.3, 0.4) is 0 Å². The van der Waals surface area contributed by atoms with Gasteiger partial charge in [-0.15, -0.1) is 0 Å². The van der Waals surface area contributed by atoms with Crippen LogP contribution in [0.2, 0.25) is 0 Å². The third-order valence-electron chi connectivity index (χ3n) is 3.48. The van der Waals surface area contributed by atoms with Crippen LogP contribution in [0.1, 0.15) is 45.3 Å². The molecule has 94 valence electrons. The van der Waals surface area contributed by atoms with Gasteiger partial charge in [-0.3, -0.25) is 0 Å². The second-order valence-electron chi connectivity index (χ2n) is 5.82. The fraction of sp³-hybridized carbons (Fsp3) is 0.643. The molecule has 2 rings (SSSR count). The van der Waals surface area contributed by atoms with Crippen molar-refractivity contribution in [2.75, 3.05) is 18.0 Å². The number of aliphatic hydroxyl groups excluding tert-OH is 1. The average Bonchev–Trinajstić information content (AvgIpc) is 2.28. The summed E-state index contributed by atoms with van der Waals surface area (Å²) in [6, 6.07) is 3.98. The van der Waals surface area contributed by atoms with Crippen molar-refractivity contribution in [3.63, 3.8) is 0 Å². The number of rotatable bonds is 2. The van der Waals surface area contributed by atoms with E-state index < -0.39 is 6.10 Å². The highest BCUT2D eigenvalue weighted by Gasteiger charge is 2.26. The number of piperidine rings is 1. The Hall–Kier alpha value is -1.09. The van der Waals surface area contributed by atoms with Crippen molar-refractivity contribution >= 4 is 5.82 Å². The highest BCUT2D eigenvalue weighted by atomic mass is 16.3. The lowest BCUT2D eigenvalue weighted by atomic mass is 9.84. The Balaban J connectivity index is 2.12. The number of pyridine rings is 1. The van der Waals surface area contributed by atoms with Gasteiger partial charge in [-0.1, -0.05) is 19.9 Å². The van der Waals surface area contributed by atoms with Crippen LogP contribution in [-0.4, -0.2) is 23.2 Å². The summed E-state index contributed by atoms with van der Waals surface area (Å²) in [5.41, 5.74) is 1.26. The molecule has 0 saturated carbocycles. The molecule has 0 radical (unpaired) electrons. The lowest BCUT2D eigenvalue weighted by molar-refractivity contribution is 0.199. The molecule has 0 spiro atoms. The van der Waals surface area contributed by atoms with Crippen molar-refractivity contribution < 1.29 is 5.11 Å². The van der Waals surface area contributed by atoms with E-state index in [2.05, 4.69) is 23.7 Å². The summed E-state index contributed by atoms with van der Waals surface area (Å²) < 4.78 is 0. The van der Waals surface area contributed by atoms with Gasteiger partial charge in [0.25, 0.3) is 0 Å². The van der Waals surface area contributed by atoms with E-state index in [1.54, 1.807) is 13.1 Å². The van der Waals surface area contributed by atoms with Crippen molar-refractivity contribution in [1.82, 2.24) is 4.98 Å². The first-order valence-electron chi connectivity index (χ1n) is 6.37. The van der Waals surface area contributed by atoms with Gasteiger partial charge in [-0.2, -0.15) is 0 Å². The molecule has 17 heavy (non-hydrogen) atoms.